The fraction of sp³-hybridized carbons (Fsp3) is 0.310. The molecule has 220 valence electrons. The zero-order chi connectivity index (χ0) is 30.4. The molecule has 3 aromatic rings. The normalized spacial score (nSPS) is 12.5. The Labute approximate surface area is 243 Å². The van der Waals surface area contributed by atoms with Gasteiger partial charge in [-0.15, -0.1) is 0 Å². The molecule has 1 unspecified atom stereocenters. The Morgan fingerprint density at radius 2 is 1.63 bits per heavy atom. The molecular weight excluding hydrogens is 579 g/mol. The van der Waals surface area contributed by atoms with Gasteiger partial charge in [-0.25, -0.2) is 8.42 Å². The van der Waals surface area contributed by atoms with Crippen LogP contribution in [0.1, 0.15) is 37.0 Å². The van der Waals surface area contributed by atoms with E-state index in [0.29, 0.717) is 28.9 Å². The molecule has 0 saturated carbocycles. The average molecular weight is 610 g/mol. The van der Waals surface area contributed by atoms with E-state index >= 15 is 0 Å². The number of hydrogen-bond donors (Lipinski definition) is 1. The van der Waals surface area contributed by atoms with Gasteiger partial charge in [-0.2, -0.15) is 13.2 Å². The first kappa shape index (κ1) is 32.0. The Balaban J connectivity index is 2.12. The quantitative estimate of drug-likeness (QED) is 0.297. The van der Waals surface area contributed by atoms with E-state index in [1.807, 2.05) is 26.0 Å². The summed E-state index contributed by atoms with van der Waals surface area (Å²) in [5, 5.41) is 2.43. The van der Waals surface area contributed by atoms with Crippen molar-refractivity contribution in [2.75, 3.05) is 17.4 Å². The number of anilines is 1. The van der Waals surface area contributed by atoms with E-state index < -0.39 is 51.9 Å². The van der Waals surface area contributed by atoms with Gasteiger partial charge in [0.05, 0.1) is 21.2 Å². The summed E-state index contributed by atoms with van der Waals surface area (Å²) in [7, 11) is -4.58. The second-order valence-electron chi connectivity index (χ2n) is 9.40. The highest BCUT2D eigenvalue weighted by molar-refractivity contribution is 7.92. The molecule has 0 fully saturated rings. The Kier molecular flexibility index (Phi) is 10.4. The lowest BCUT2D eigenvalue weighted by atomic mass is 10.1. The van der Waals surface area contributed by atoms with Crippen molar-refractivity contribution >= 4 is 39.1 Å². The van der Waals surface area contributed by atoms with Crippen molar-refractivity contribution in [1.82, 2.24) is 10.2 Å². The van der Waals surface area contributed by atoms with Gasteiger partial charge in [0.25, 0.3) is 10.0 Å². The second-order valence-corrected chi connectivity index (χ2v) is 11.7. The molecule has 0 saturated heterocycles. The van der Waals surface area contributed by atoms with Gasteiger partial charge in [0, 0.05) is 13.1 Å². The maximum Gasteiger partial charge on any atom is 0.416 e. The molecule has 0 heterocycles. The predicted molar refractivity (Wildman–Crippen MR) is 152 cm³/mol. The number of aryl methyl sites for hydroxylation is 1. The zero-order valence-corrected chi connectivity index (χ0v) is 24.4. The summed E-state index contributed by atoms with van der Waals surface area (Å²) in [6.07, 6.45) is -4.14. The van der Waals surface area contributed by atoms with Crippen molar-refractivity contribution in [3.8, 4) is 0 Å². The fourth-order valence-corrected chi connectivity index (χ4v) is 5.78. The highest BCUT2D eigenvalue weighted by Gasteiger charge is 2.36. The Hall–Kier alpha value is -3.57. The van der Waals surface area contributed by atoms with Crippen molar-refractivity contribution < 1.29 is 31.2 Å². The van der Waals surface area contributed by atoms with Crippen LogP contribution in [-0.4, -0.2) is 44.3 Å². The summed E-state index contributed by atoms with van der Waals surface area (Å²) in [4.78, 5) is 27.8. The smallest absolute Gasteiger partial charge is 0.354 e. The number of hydrogen-bond acceptors (Lipinski definition) is 4. The van der Waals surface area contributed by atoms with Crippen LogP contribution < -0.4 is 9.62 Å². The Bertz CT molecular complexity index is 1480. The molecule has 0 aliphatic carbocycles. The Morgan fingerprint density at radius 3 is 2.24 bits per heavy atom. The SMILES string of the molecule is CCCNC(=O)C(C)N(Cc1ccccc1C)C(=O)CN(c1cc(C(F)(F)F)ccc1Cl)S(=O)(=O)c1ccccc1. The molecule has 3 rings (SSSR count). The van der Waals surface area contributed by atoms with E-state index in [1.54, 1.807) is 18.2 Å². The van der Waals surface area contributed by atoms with Crippen LogP contribution in [0.4, 0.5) is 18.9 Å². The molecule has 7 nitrogen and oxygen atoms in total. The van der Waals surface area contributed by atoms with E-state index in [0.717, 1.165) is 17.7 Å². The third-order valence-corrected chi connectivity index (χ3v) is 8.56. The molecule has 0 aliphatic heterocycles. The Morgan fingerprint density at radius 1 is 1.00 bits per heavy atom. The monoisotopic (exact) mass is 609 g/mol. The van der Waals surface area contributed by atoms with Crippen LogP contribution >= 0.6 is 11.6 Å². The van der Waals surface area contributed by atoms with Gasteiger partial charge >= 0.3 is 6.18 Å². The summed E-state index contributed by atoms with van der Waals surface area (Å²) in [6, 6.07) is 15.4. The van der Waals surface area contributed by atoms with E-state index in [2.05, 4.69) is 5.32 Å². The van der Waals surface area contributed by atoms with E-state index in [4.69, 9.17) is 11.6 Å². The molecular formula is C29H31ClF3N3O4S. The number of nitrogens with one attached hydrogen (secondary N) is 1. The summed E-state index contributed by atoms with van der Waals surface area (Å²) in [6.45, 7) is 4.62. The van der Waals surface area contributed by atoms with E-state index in [1.165, 1.54) is 36.1 Å². The molecule has 12 heteroatoms. The highest BCUT2D eigenvalue weighted by atomic mass is 35.5. The zero-order valence-electron chi connectivity index (χ0n) is 22.8. The number of benzene rings is 3. The van der Waals surface area contributed by atoms with Crippen LogP contribution in [0.3, 0.4) is 0 Å². The molecule has 0 aliphatic rings. The minimum Gasteiger partial charge on any atom is -0.354 e. The topological polar surface area (TPSA) is 86.8 Å². The molecule has 3 aromatic carbocycles. The summed E-state index contributed by atoms with van der Waals surface area (Å²) >= 11 is 6.26. The fourth-order valence-electron chi connectivity index (χ4n) is 4.06. The summed E-state index contributed by atoms with van der Waals surface area (Å²) in [5.74, 6) is -1.26. The minimum atomic E-state index is -4.80. The van der Waals surface area contributed by atoms with Crippen LogP contribution in [0.5, 0.6) is 0 Å². The minimum absolute atomic E-state index is 0.0399. The first-order valence-corrected chi connectivity index (χ1v) is 14.6. The number of alkyl halides is 3. The lowest BCUT2D eigenvalue weighted by Crippen LogP contribution is -2.51. The van der Waals surface area contributed by atoms with Gasteiger partial charge in [-0.3, -0.25) is 13.9 Å². The molecule has 1 atom stereocenters. The maximum absolute atomic E-state index is 13.9. The van der Waals surface area contributed by atoms with E-state index in [9.17, 15) is 31.2 Å². The lowest BCUT2D eigenvalue weighted by molar-refractivity contribution is -0.139. The molecule has 1 N–H and O–H groups in total. The second kappa shape index (κ2) is 13.4. The van der Waals surface area contributed by atoms with Crippen molar-refractivity contribution in [3.63, 3.8) is 0 Å². The van der Waals surface area contributed by atoms with Crippen LogP contribution in [0.15, 0.2) is 77.7 Å². The molecule has 0 radical (unpaired) electrons. The third-order valence-electron chi connectivity index (χ3n) is 6.47. The van der Waals surface area contributed by atoms with Crippen molar-refractivity contribution in [3.05, 3.63) is 94.5 Å². The van der Waals surface area contributed by atoms with Crippen molar-refractivity contribution in [2.45, 2.75) is 50.9 Å². The number of carbonyl (C=O) groups excluding carboxylic acids is 2. The van der Waals surface area contributed by atoms with Gasteiger partial charge in [-0.1, -0.05) is 61.0 Å². The summed E-state index contributed by atoms with van der Waals surface area (Å²) < 4.78 is 69.0. The first-order valence-electron chi connectivity index (χ1n) is 12.8. The third kappa shape index (κ3) is 7.80. The van der Waals surface area contributed by atoms with Gasteiger partial charge in [0.1, 0.15) is 12.6 Å². The number of amides is 2. The number of halogens is 4. The average Bonchev–Trinajstić information content (AvgIpc) is 2.94. The highest BCUT2D eigenvalue weighted by Crippen LogP contribution is 2.37. The van der Waals surface area contributed by atoms with E-state index in [-0.39, 0.29) is 16.5 Å². The number of rotatable bonds is 11. The lowest BCUT2D eigenvalue weighted by Gasteiger charge is -2.32. The first-order chi connectivity index (χ1) is 19.3. The maximum atomic E-state index is 13.9. The largest absolute Gasteiger partial charge is 0.416 e. The number of carbonyl (C=O) groups is 2. The van der Waals surface area contributed by atoms with Gasteiger partial charge in [-0.05, 0) is 61.7 Å². The van der Waals surface area contributed by atoms with Crippen molar-refractivity contribution in [1.29, 1.82) is 0 Å². The van der Waals surface area contributed by atoms with Gasteiger partial charge < -0.3 is 10.2 Å². The number of nitrogens with zero attached hydrogens (tertiary/aromatic N) is 2. The molecule has 0 spiro atoms. The van der Waals surface area contributed by atoms with Gasteiger partial charge in [0.15, 0.2) is 0 Å². The van der Waals surface area contributed by atoms with Gasteiger partial charge in [0.2, 0.25) is 11.8 Å². The standard InChI is InChI=1S/C29H31ClF3N3O4S/c1-4-16-34-28(38)21(3)35(18-22-11-9-8-10-20(22)2)27(37)19-36(41(39,40)24-12-6-5-7-13-24)26-17-23(29(31,32)33)14-15-25(26)30/h5-15,17,21H,4,16,18-19H2,1-3H3,(H,34,38). The van der Waals surface area contributed by atoms with Crippen LogP contribution in [0.2, 0.25) is 5.02 Å². The molecule has 0 aromatic heterocycles. The van der Waals surface area contributed by atoms with Crippen LogP contribution in [0.25, 0.3) is 0 Å². The van der Waals surface area contributed by atoms with Crippen molar-refractivity contribution in [2.24, 2.45) is 0 Å². The number of sulfonamides is 1. The predicted octanol–water partition coefficient (Wildman–Crippen LogP) is 5.81. The summed E-state index contributed by atoms with van der Waals surface area (Å²) in [5.41, 5.74) is -0.106. The molecule has 41 heavy (non-hydrogen) atoms. The molecule has 0 bridgehead atoms. The molecule has 2 amide bonds. The van der Waals surface area contributed by atoms with Crippen LogP contribution in [-0.2, 0) is 32.3 Å². The van der Waals surface area contributed by atoms with Crippen LogP contribution in [0, 0.1) is 6.92 Å².